The number of aromatic nitrogens is 2. The lowest BCUT2D eigenvalue weighted by molar-refractivity contribution is 0.0220. The van der Waals surface area contributed by atoms with Crippen molar-refractivity contribution in [2.45, 2.75) is 12.7 Å². The molecule has 19 heavy (non-hydrogen) atoms. The lowest BCUT2D eigenvalue weighted by Gasteiger charge is -2.39. The number of nitrogens with zero attached hydrogens (tertiary/aromatic N) is 3. The van der Waals surface area contributed by atoms with E-state index in [1.807, 2.05) is 24.3 Å². The van der Waals surface area contributed by atoms with E-state index in [0.717, 1.165) is 18.9 Å². The van der Waals surface area contributed by atoms with Gasteiger partial charge in [-0.3, -0.25) is 0 Å². The van der Waals surface area contributed by atoms with Crippen molar-refractivity contribution in [3.05, 3.63) is 53.2 Å². The molecule has 2 heterocycles. The van der Waals surface area contributed by atoms with Crippen LogP contribution in [-0.2, 0) is 11.3 Å². The SMILES string of the molecule is Clc1ccc(N2CC(OCc3ccccc3)C2)nn1. The van der Waals surface area contributed by atoms with Gasteiger partial charge in [0.05, 0.1) is 12.7 Å². The van der Waals surface area contributed by atoms with Crippen LogP contribution in [0, 0.1) is 0 Å². The fourth-order valence-corrected chi connectivity index (χ4v) is 2.10. The van der Waals surface area contributed by atoms with E-state index in [0.29, 0.717) is 11.8 Å². The summed E-state index contributed by atoms with van der Waals surface area (Å²) in [6, 6.07) is 13.8. The summed E-state index contributed by atoms with van der Waals surface area (Å²) in [6.07, 6.45) is 0.262. The van der Waals surface area contributed by atoms with Crippen LogP contribution in [0.5, 0.6) is 0 Å². The standard InChI is InChI=1S/C14H14ClN3O/c15-13-6-7-14(17-16-13)18-8-12(9-18)19-10-11-4-2-1-3-5-11/h1-7,12H,8-10H2. The molecule has 1 aromatic carbocycles. The van der Waals surface area contributed by atoms with Crippen molar-refractivity contribution in [1.82, 2.24) is 10.2 Å². The van der Waals surface area contributed by atoms with Gasteiger partial charge in [-0.2, -0.15) is 0 Å². The second kappa shape index (κ2) is 5.55. The Labute approximate surface area is 117 Å². The molecule has 0 saturated carbocycles. The summed E-state index contributed by atoms with van der Waals surface area (Å²) >= 11 is 5.71. The first-order valence-electron chi connectivity index (χ1n) is 6.21. The molecule has 4 nitrogen and oxygen atoms in total. The van der Waals surface area contributed by atoms with Crippen molar-refractivity contribution < 1.29 is 4.74 Å². The second-order valence-electron chi connectivity index (χ2n) is 4.54. The third-order valence-corrected chi connectivity index (χ3v) is 3.32. The number of ether oxygens (including phenoxy) is 1. The lowest BCUT2D eigenvalue weighted by Crippen LogP contribution is -2.52. The maximum absolute atomic E-state index is 5.82. The Morgan fingerprint density at radius 1 is 1.11 bits per heavy atom. The van der Waals surface area contributed by atoms with Gasteiger partial charge in [-0.25, -0.2) is 0 Å². The topological polar surface area (TPSA) is 38.2 Å². The summed E-state index contributed by atoms with van der Waals surface area (Å²) in [5.74, 6) is 0.851. The lowest BCUT2D eigenvalue weighted by atomic mass is 10.1. The summed E-state index contributed by atoms with van der Waals surface area (Å²) < 4.78 is 5.82. The van der Waals surface area contributed by atoms with Crippen molar-refractivity contribution in [2.24, 2.45) is 0 Å². The Morgan fingerprint density at radius 2 is 1.89 bits per heavy atom. The van der Waals surface area contributed by atoms with Crippen LogP contribution >= 0.6 is 11.6 Å². The van der Waals surface area contributed by atoms with Crippen LogP contribution in [0.1, 0.15) is 5.56 Å². The summed E-state index contributed by atoms with van der Waals surface area (Å²) in [5, 5.41) is 8.29. The number of anilines is 1. The molecule has 0 aliphatic carbocycles. The van der Waals surface area contributed by atoms with Gasteiger partial charge in [0.1, 0.15) is 0 Å². The third-order valence-electron chi connectivity index (χ3n) is 3.12. The molecule has 0 N–H and O–H groups in total. The molecule has 0 amide bonds. The first kappa shape index (κ1) is 12.4. The van der Waals surface area contributed by atoms with E-state index >= 15 is 0 Å². The number of halogens is 1. The van der Waals surface area contributed by atoms with Gasteiger partial charge >= 0.3 is 0 Å². The van der Waals surface area contributed by atoms with E-state index < -0.39 is 0 Å². The maximum Gasteiger partial charge on any atom is 0.151 e. The Hall–Kier alpha value is -1.65. The van der Waals surface area contributed by atoms with Gasteiger partial charge in [-0.1, -0.05) is 41.9 Å². The molecule has 0 bridgehead atoms. The van der Waals surface area contributed by atoms with Crippen LogP contribution in [0.3, 0.4) is 0 Å². The van der Waals surface area contributed by atoms with E-state index in [-0.39, 0.29) is 6.10 Å². The Kier molecular flexibility index (Phi) is 3.62. The van der Waals surface area contributed by atoms with E-state index in [1.54, 1.807) is 6.07 Å². The fourth-order valence-electron chi connectivity index (χ4n) is 2.00. The average molecular weight is 276 g/mol. The predicted octanol–water partition coefficient (Wildman–Crippen LogP) is 2.54. The zero-order chi connectivity index (χ0) is 13.1. The highest BCUT2D eigenvalue weighted by Crippen LogP contribution is 2.21. The maximum atomic E-state index is 5.82. The number of hydrogen-bond acceptors (Lipinski definition) is 4. The number of rotatable bonds is 4. The molecule has 0 spiro atoms. The van der Waals surface area contributed by atoms with Crippen molar-refractivity contribution in [3.63, 3.8) is 0 Å². The highest BCUT2D eigenvalue weighted by molar-refractivity contribution is 6.29. The minimum absolute atomic E-state index is 0.262. The van der Waals surface area contributed by atoms with Crippen LogP contribution in [0.25, 0.3) is 0 Å². The Bertz CT molecular complexity index is 526. The van der Waals surface area contributed by atoms with Crippen molar-refractivity contribution in [3.8, 4) is 0 Å². The van der Waals surface area contributed by atoms with Crippen molar-refractivity contribution in [1.29, 1.82) is 0 Å². The number of hydrogen-bond donors (Lipinski definition) is 0. The Morgan fingerprint density at radius 3 is 2.58 bits per heavy atom. The van der Waals surface area contributed by atoms with Gasteiger partial charge in [0.15, 0.2) is 11.0 Å². The molecule has 98 valence electrons. The molecule has 1 aliphatic heterocycles. The Balaban J connectivity index is 1.47. The average Bonchev–Trinajstić information content (AvgIpc) is 2.40. The molecule has 1 saturated heterocycles. The van der Waals surface area contributed by atoms with Gasteiger partial charge in [0.2, 0.25) is 0 Å². The van der Waals surface area contributed by atoms with Gasteiger partial charge in [0, 0.05) is 13.1 Å². The molecule has 1 aliphatic rings. The molecule has 1 aromatic heterocycles. The van der Waals surface area contributed by atoms with Crippen LogP contribution in [0.15, 0.2) is 42.5 Å². The zero-order valence-electron chi connectivity index (χ0n) is 10.4. The van der Waals surface area contributed by atoms with Crippen LogP contribution < -0.4 is 4.90 Å². The van der Waals surface area contributed by atoms with Crippen molar-refractivity contribution >= 4 is 17.4 Å². The molecular weight excluding hydrogens is 262 g/mol. The summed E-state index contributed by atoms with van der Waals surface area (Å²) in [5.41, 5.74) is 1.20. The molecule has 0 unspecified atom stereocenters. The molecule has 0 radical (unpaired) electrons. The monoisotopic (exact) mass is 275 g/mol. The zero-order valence-corrected chi connectivity index (χ0v) is 11.1. The van der Waals surface area contributed by atoms with Gasteiger partial charge in [0.25, 0.3) is 0 Å². The van der Waals surface area contributed by atoms with Crippen molar-refractivity contribution in [2.75, 3.05) is 18.0 Å². The predicted molar refractivity (Wildman–Crippen MR) is 74.3 cm³/mol. The first-order chi connectivity index (χ1) is 9.31. The molecule has 5 heteroatoms. The van der Waals surface area contributed by atoms with Gasteiger partial charge in [-0.15, -0.1) is 10.2 Å². The molecule has 3 rings (SSSR count). The molecule has 2 aromatic rings. The minimum Gasteiger partial charge on any atom is -0.370 e. The third kappa shape index (κ3) is 3.03. The van der Waals surface area contributed by atoms with Crippen LogP contribution in [-0.4, -0.2) is 29.4 Å². The quantitative estimate of drug-likeness (QED) is 0.859. The van der Waals surface area contributed by atoms with Crippen LogP contribution in [0.2, 0.25) is 5.15 Å². The van der Waals surface area contributed by atoms with E-state index in [2.05, 4.69) is 27.2 Å². The normalized spacial score (nSPS) is 15.3. The smallest absolute Gasteiger partial charge is 0.151 e. The fraction of sp³-hybridized carbons (Fsp3) is 0.286. The highest BCUT2D eigenvalue weighted by Gasteiger charge is 2.28. The van der Waals surface area contributed by atoms with E-state index in [4.69, 9.17) is 16.3 Å². The number of benzene rings is 1. The second-order valence-corrected chi connectivity index (χ2v) is 4.93. The molecule has 1 fully saturated rings. The van der Waals surface area contributed by atoms with Gasteiger partial charge < -0.3 is 9.64 Å². The molecular formula is C14H14ClN3O. The summed E-state index contributed by atoms with van der Waals surface area (Å²) in [6.45, 7) is 2.36. The summed E-state index contributed by atoms with van der Waals surface area (Å²) in [7, 11) is 0. The van der Waals surface area contributed by atoms with Gasteiger partial charge in [-0.05, 0) is 17.7 Å². The van der Waals surface area contributed by atoms with Crippen LogP contribution in [0.4, 0.5) is 5.82 Å². The molecule has 0 atom stereocenters. The first-order valence-corrected chi connectivity index (χ1v) is 6.59. The summed E-state index contributed by atoms with van der Waals surface area (Å²) in [4.78, 5) is 2.12. The minimum atomic E-state index is 0.262. The van der Waals surface area contributed by atoms with E-state index in [9.17, 15) is 0 Å². The van der Waals surface area contributed by atoms with E-state index in [1.165, 1.54) is 5.56 Å². The highest BCUT2D eigenvalue weighted by atomic mass is 35.5. The largest absolute Gasteiger partial charge is 0.370 e.